The van der Waals surface area contributed by atoms with Crippen molar-refractivity contribution < 1.29 is 14.2 Å². The summed E-state index contributed by atoms with van der Waals surface area (Å²) in [5.41, 5.74) is 4.97. The van der Waals surface area contributed by atoms with Gasteiger partial charge >= 0.3 is 0 Å². The minimum absolute atomic E-state index is 0.0623. The maximum absolute atomic E-state index is 5.79. The molecular weight excluding hydrogens is 384 g/mol. The van der Waals surface area contributed by atoms with Crippen LogP contribution in [-0.2, 0) is 6.54 Å². The molecule has 0 unspecified atom stereocenters. The van der Waals surface area contributed by atoms with E-state index in [4.69, 9.17) is 14.2 Å². The maximum atomic E-state index is 5.79. The van der Waals surface area contributed by atoms with Crippen LogP contribution in [0, 0.1) is 0 Å². The predicted octanol–water partition coefficient (Wildman–Crippen LogP) is 4.38. The largest absolute Gasteiger partial charge is 0.496 e. The lowest BCUT2D eigenvalue weighted by Crippen LogP contribution is -2.08. The van der Waals surface area contributed by atoms with Crippen molar-refractivity contribution in [2.45, 2.75) is 26.5 Å². The molecule has 0 spiro atoms. The molecule has 0 aliphatic heterocycles. The van der Waals surface area contributed by atoms with Crippen LogP contribution in [0.15, 0.2) is 46.0 Å². The Bertz CT molecular complexity index is 733. The summed E-state index contributed by atoms with van der Waals surface area (Å²) in [7, 11) is 3.28. The molecule has 0 fully saturated rings. The third-order valence-electron chi connectivity index (χ3n) is 3.37. The Hall–Kier alpha value is -2.21. The average molecular weight is 407 g/mol. The molecule has 0 saturated carbocycles. The number of hydrogen-bond acceptors (Lipinski definition) is 5. The van der Waals surface area contributed by atoms with Crippen LogP contribution < -0.4 is 19.6 Å². The zero-order valence-electron chi connectivity index (χ0n) is 14.9. The summed E-state index contributed by atoms with van der Waals surface area (Å²) in [4.78, 5) is 0. The van der Waals surface area contributed by atoms with Gasteiger partial charge < -0.3 is 19.6 Å². The van der Waals surface area contributed by atoms with E-state index < -0.39 is 0 Å². The van der Waals surface area contributed by atoms with Gasteiger partial charge in [-0.15, -0.1) is 0 Å². The fourth-order valence-electron chi connectivity index (χ4n) is 2.26. The second-order valence-corrected chi connectivity index (χ2v) is 6.46. The topological polar surface area (TPSA) is 52.1 Å². The van der Waals surface area contributed by atoms with E-state index in [0.717, 1.165) is 21.3 Å². The number of para-hydroxylation sites is 1. The van der Waals surface area contributed by atoms with E-state index in [9.17, 15) is 0 Å². The molecule has 0 bridgehead atoms. The molecule has 0 aliphatic carbocycles. The summed E-state index contributed by atoms with van der Waals surface area (Å²) < 4.78 is 17.4. The highest BCUT2D eigenvalue weighted by atomic mass is 79.9. The lowest BCUT2D eigenvalue weighted by Gasteiger charge is -2.15. The molecule has 0 saturated heterocycles. The number of hydrazone groups is 1. The van der Waals surface area contributed by atoms with Crippen molar-refractivity contribution in [1.29, 1.82) is 0 Å². The van der Waals surface area contributed by atoms with E-state index in [1.807, 2.05) is 50.2 Å². The first-order chi connectivity index (χ1) is 12.0. The fraction of sp³-hybridized carbons (Fsp3) is 0.316. The zero-order chi connectivity index (χ0) is 18.2. The van der Waals surface area contributed by atoms with Gasteiger partial charge in [0.2, 0.25) is 0 Å². The Labute approximate surface area is 157 Å². The second kappa shape index (κ2) is 9.32. The Morgan fingerprint density at radius 2 is 1.84 bits per heavy atom. The Balaban J connectivity index is 2.07. The summed E-state index contributed by atoms with van der Waals surface area (Å²) >= 11 is 3.53. The number of ether oxygens (including phenoxy) is 3. The van der Waals surface area contributed by atoms with E-state index in [1.165, 1.54) is 0 Å². The van der Waals surface area contributed by atoms with Gasteiger partial charge in [0.15, 0.2) is 11.5 Å². The first-order valence-electron chi connectivity index (χ1n) is 7.97. The van der Waals surface area contributed by atoms with Crippen LogP contribution in [0.4, 0.5) is 0 Å². The lowest BCUT2D eigenvalue weighted by atomic mass is 10.2. The van der Waals surface area contributed by atoms with Crippen molar-refractivity contribution in [2.24, 2.45) is 5.10 Å². The lowest BCUT2D eigenvalue weighted by molar-refractivity contribution is 0.228. The van der Waals surface area contributed by atoms with Crippen molar-refractivity contribution in [2.75, 3.05) is 14.2 Å². The van der Waals surface area contributed by atoms with Gasteiger partial charge in [0, 0.05) is 5.56 Å². The van der Waals surface area contributed by atoms with Crippen molar-refractivity contribution in [3.8, 4) is 17.2 Å². The highest BCUT2D eigenvalue weighted by Gasteiger charge is 2.12. The molecule has 0 radical (unpaired) electrons. The van der Waals surface area contributed by atoms with Crippen LogP contribution in [0.3, 0.4) is 0 Å². The van der Waals surface area contributed by atoms with E-state index in [1.54, 1.807) is 20.4 Å². The summed E-state index contributed by atoms with van der Waals surface area (Å²) in [6.07, 6.45) is 1.80. The number of rotatable bonds is 8. The average Bonchev–Trinajstić information content (AvgIpc) is 2.60. The van der Waals surface area contributed by atoms with Gasteiger partial charge in [-0.25, -0.2) is 0 Å². The molecule has 0 aliphatic rings. The molecule has 25 heavy (non-hydrogen) atoms. The molecule has 0 aromatic heterocycles. The van der Waals surface area contributed by atoms with Gasteiger partial charge in [-0.2, -0.15) is 5.10 Å². The molecule has 1 N–H and O–H groups in total. The van der Waals surface area contributed by atoms with Crippen LogP contribution in [0.5, 0.6) is 17.2 Å². The van der Waals surface area contributed by atoms with Crippen molar-refractivity contribution in [3.05, 3.63) is 52.0 Å². The van der Waals surface area contributed by atoms with Gasteiger partial charge in [0.05, 0.1) is 37.6 Å². The smallest absolute Gasteiger partial charge is 0.175 e. The second-order valence-electron chi connectivity index (χ2n) is 5.61. The monoisotopic (exact) mass is 406 g/mol. The molecule has 6 heteroatoms. The van der Waals surface area contributed by atoms with Crippen molar-refractivity contribution >= 4 is 22.1 Å². The van der Waals surface area contributed by atoms with E-state index >= 15 is 0 Å². The SMILES string of the molecule is COc1ccccc1CN/N=C\c1cc(Br)c(OC(C)C)c(OC)c1. The van der Waals surface area contributed by atoms with Gasteiger partial charge in [-0.1, -0.05) is 18.2 Å². The van der Waals surface area contributed by atoms with E-state index in [0.29, 0.717) is 18.0 Å². The Kier molecular flexibility index (Phi) is 7.13. The minimum Gasteiger partial charge on any atom is -0.496 e. The molecule has 2 rings (SSSR count). The number of benzene rings is 2. The summed E-state index contributed by atoms with van der Waals surface area (Å²) in [5.74, 6) is 2.19. The molecule has 0 atom stereocenters. The van der Waals surface area contributed by atoms with Crippen molar-refractivity contribution in [1.82, 2.24) is 5.43 Å². The standard InChI is InChI=1S/C19H23BrN2O3/c1-13(2)25-19-16(20)9-14(10-18(19)24-4)11-21-22-12-15-7-5-6-8-17(15)23-3/h5-11,13,22H,12H2,1-4H3/b21-11-. The van der Waals surface area contributed by atoms with Gasteiger partial charge in [0.25, 0.3) is 0 Å². The third kappa shape index (κ3) is 5.39. The Morgan fingerprint density at radius 1 is 1.12 bits per heavy atom. The fourth-order valence-corrected chi connectivity index (χ4v) is 2.82. The number of hydrogen-bond donors (Lipinski definition) is 1. The minimum atomic E-state index is 0.0623. The van der Waals surface area contributed by atoms with Crippen LogP contribution in [0.25, 0.3) is 0 Å². The summed E-state index contributed by atoms with van der Waals surface area (Å²) in [5, 5.41) is 4.27. The number of halogens is 1. The molecule has 0 amide bonds. The highest BCUT2D eigenvalue weighted by Crippen LogP contribution is 2.36. The highest BCUT2D eigenvalue weighted by molar-refractivity contribution is 9.10. The number of methoxy groups -OCH3 is 2. The third-order valence-corrected chi connectivity index (χ3v) is 3.96. The molecule has 134 valence electrons. The van der Waals surface area contributed by atoms with Gasteiger partial charge in [-0.05, 0) is 53.5 Å². The van der Waals surface area contributed by atoms with Crippen LogP contribution in [0.1, 0.15) is 25.0 Å². The number of nitrogens with one attached hydrogen (secondary N) is 1. The molecule has 2 aromatic carbocycles. The van der Waals surface area contributed by atoms with Crippen molar-refractivity contribution in [3.63, 3.8) is 0 Å². The first kappa shape index (κ1) is 19.1. The quantitative estimate of drug-likeness (QED) is 0.521. The first-order valence-corrected chi connectivity index (χ1v) is 8.76. The van der Waals surface area contributed by atoms with Crippen LogP contribution in [0.2, 0.25) is 0 Å². The molecule has 5 nitrogen and oxygen atoms in total. The molecular formula is C19H23BrN2O3. The summed E-state index contributed by atoms with van der Waals surface area (Å²) in [6.45, 7) is 4.53. The number of nitrogens with zero attached hydrogens (tertiary/aromatic N) is 1. The van der Waals surface area contributed by atoms with Crippen LogP contribution >= 0.6 is 15.9 Å². The zero-order valence-corrected chi connectivity index (χ0v) is 16.5. The Morgan fingerprint density at radius 3 is 2.52 bits per heavy atom. The van der Waals surface area contributed by atoms with Crippen LogP contribution in [-0.4, -0.2) is 26.5 Å². The summed E-state index contributed by atoms with van der Waals surface area (Å²) in [6, 6.07) is 11.7. The van der Waals surface area contributed by atoms with E-state index in [-0.39, 0.29) is 6.10 Å². The normalized spacial score (nSPS) is 11.0. The van der Waals surface area contributed by atoms with E-state index in [2.05, 4.69) is 26.5 Å². The van der Waals surface area contributed by atoms with Gasteiger partial charge in [-0.3, -0.25) is 0 Å². The molecule has 2 aromatic rings. The molecule has 0 heterocycles. The predicted molar refractivity (Wildman–Crippen MR) is 104 cm³/mol. The maximum Gasteiger partial charge on any atom is 0.175 e. The van der Waals surface area contributed by atoms with Gasteiger partial charge in [0.1, 0.15) is 5.75 Å².